The summed E-state index contributed by atoms with van der Waals surface area (Å²) >= 11 is 8.77. The summed E-state index contributed by atoms with van der Waals surface area (Å²) < 4.78 is 1.80. The van der Waals surface area contributed by atoms with E-state index < -0.39 is 16.2 Å². The lowest BCUT2D eigenvalue weighted by molar-refractivity contribution is -0.386. The summed E-state index contributed by atoms with van der Waals surface area (Å²) in [6.45, 7) is 2.23. The fourth-order valence-corrected chi connectivity index (χ4v) is 1.80. The first-order chi connectivity index (χ1) is 7.45. The molecule has 1 atom stereocenters. The Morgan fingerprint density at radius 2 is 2.31 bits per heavy atom. The number of rotatable bonds is 4. The maximum Gasteiger partial charge on any atom is 0.335 e. The molecule has 5 nitrogen and oxygen atoms in total. The van der Waals surface area contributed by atoms with E-state index in [4.69, 9.17) is 11.6 Å². The Kier molecular flexibility index (Phi) is 4.49. The summed E-state index contributed by atoms with van der Waals surface area (Å²) in [5.74, 6) is 0.473. The van der Waals surface area contributed by atoms with Gasteiger partial charge in [-0.3, -0.25) is 14.9 Å². The van der Waals surface area contributed by atoms with E-state index in [1.165, 1.54) is 16.8 Å². The number of aromatic nitrogens is 1. The van der Waals surface area contributed by atoms with Crippen molar-refractivity contribution in [2.45, 2.75) is 13.5 Å². The van der Waals surface area contributed by atoms with Crippen LogP contribution < -0.4 is 5.56 Å². The van der Waals surface area contributed by atoms with Crippen molar-refractivity contribution in [3.05, 3.63) is 37.2 Å². The van der Waals surface area contributed by atoms with Crippen LogP contribution in [0.25, 0.3) is 0 Å². The molecule has 0 aromatic carbocycles. The Bertz CT molecular complexity index is 461. The van der Waals surface area contributed by atoms with Crippen LogP contribution in [0.4, 0.5) is 5.69 Å². The van der Waals surface area contributed by atoms with Crippen molar-refractivity contribution in [1.29, 1.82) is 0 Å². The molecular weight excluding hydrogens is 299 g/mol. The Balaban J connectivity index is 3.19. The predicted molar refractivity (Wildman–Crippen MR) is 64.9 cm³/mol. The van der Waals surface area contributed by atoms with Gasteiger partial charge in [0.1, 0.15) is 0 Å². The van der Waals surface area contributed by atoms with Crippen LogP contribution >= 0.6 is 27.5 Å². The van der Waals surface area contributed by atoms with Crippen molar-refractivity contribution in [1.82, 2.24) is 4.57 Å². The summed E-state index contributed by atoms with van der Waals surface area (Å²) in [6.07, 6.45) is 1.53. The first kappa shape index (κ1) is 13.2. The molecule has 0 saturated carbocycles. The molecule has 1 unspecified atom stereocenters. The SMILES string of the molecule is CC(CCl)Cn1cc(Br)cc([N+](=O)[O-])c1=O. The van der Waals surface area contributed by atoms with Crippen LogP contribution in [0.2, 0.25) is 0 Å². The van der Waals surface area contributed by atoms with Crippen LogP contribution in [0.1, 0.15) is 6.92 Å². The van der Waals surface area contributed by atoms with Gasteiger partial charge in [0, 0.05) is 29.2 Å². The molecule has 1 aromatic rings. The number of nitro groups is 1. The lowest BCUT2D eigenvalue weighted by Gasteiger charge is -2.10. The monoisotopic (exact) mass is 308 g/mol. The van der Waals surface area contributed by atoms with E-state index in [1.54, 1.807) is 0 Å². The molecule has 0 bridgehead atoms. The second-order valence-corrected chi connectivity index (χ2v) is 4.74. The molecule has 16 heavy (non-hydrogen) atoms. The molecule has 88 valence electrons. The number of pyridine rings is 1. The van der Waals surface area contributed by atoms with Gasteiger partial charge >= 0.3 is 11.2 Å². The van der Waals surface area contributed by atoms with Crippen LogP contribution in [-0.4, -0.2) is 15.4 Å². The maximum atomic E-state index is 11.7. The minimum absolute atomic E-state index is 0.0771. The van der Waals surface area contributed by atoms with E-state index in [9.17, 15) is 14.9 Å². The molecule has 7 heteroatoms. The van der Waals surface area contributed by atoms with Crippen molar-refractivity contribution in [3.63, 3.8) is 0 Å². The van der Waals surface area contributed by atoms with Gasteiger partial charge in [0.25, 0.3) is 0 Å². The van der Waals surface area contributed by atoms with Crippen molar-refractivity contribution < 1.29 is 4.92 Å². The number of halogens is 2. The first-order valence-corrected chi connectivity index (χ1v) is 5.88. The molecule has 1 rings (SSSR count). The average Bonchev–Trinajstić information content (AvgIpc) is 2.22. The normalized spacial score (nSPS) is 12.4. The quantitative estimate of drug-likeness (QED) is 0.487. The van der Waals surface area contributed by atoms with E-state index in [0.717, 1.165) is 0 Å². The Hall–Kier alpha value is -0.880. The third-order valence-electron chi connectivity index (χ3n) is 2.00. The molecule has 1 heterocycles. The van der Waals surface area contributed by atoms with Gasteiger partial charge in [0.2, 0.25) is 0 Å². The van der Waals surface area contributed by atoms with Crippen LogP contribution in [-0.2, 0) is 6.54 Å². The van der Waals surface area contributed by atoms with Gasteiger partial charge in [0.05, 0.1) is 4.92 Å². The van der Waals surface area contributed by atoms with Crippen molar-refractivity contribution >= 4 is 33.2 Å². The fraction of sp³-hybridized carbons (Fsp3) is 0.444. The van der Waals surface area contributed by atoms with E-state index >= 15 is 0 Å². The van der Waals surface area contributed by atoms with Gasteiger partial charge in [-0.15, -0.1) is 11.6 Å². The van der Waals surface area contributed by atoms with Gasteiger partial charge < -0.3 is 4.57 Å². The number of alkyl halides is 1. The lowest BCUT2D eigenvalue weighted by Crippen LogP contribution is -2.25. The van der Waals surface area contributed by atoms with Gasteiger partial charge in [-0.2, -0.15) is 0 Å². The topological polar surface area (TPSA) is 65.1 Å². The molecule has 0 N–H and O–H groups in total. The zero-order valence-corrected chi connectivity index (χ0v) is 10.9. The zero-order valence-electron chi connectivity index (χ0n) is 8.52. The van der Waals surface area contributed by atoms with Crippen molar-refractivity contribution in [2.24, 2.45) is 5.92 Å². The summed E-state index contributed by atoms with van der Waals surface area (Å²) in [7, 11) is 0. The predicted octanol–water partition coefficient (Wildman–Crippen LogP) is 2.39. The van der Waals surface area contributed by atoms with E-state index in [-0.39, 0.29) is 5.92 Å². The molecule has 0 aliphatic carbocycles. The highest BCUT2D eigenvalue weighted by molar-refractivity contribution is 9.10. The molecule has 0 amide bonds. The van der Waals surface area contributed by atoms with E-state index in [1.807, 2.05) is 6.92 Å². The minimum atomic E-state index is -0.686. The molecule has 0 saturated heterocycles. The van der Waals surface area contributed by atoms with Crippen LogP contribution in [0.5, 0.6) is 0 Å². The van der Waals surface area contributed by atoms with E-state index in [0.29, 0.717) is 16.9 Å². The maximum absolute atomic E-state index is 11.7. The van der Waals surface area contributed by atoms with Crippen LogP contribution in [0.3, 0.4) is 0 Å². The Morgan fingerprint density at radius 3 is 2.81 bits per heavy atom. The van der Waals surface area contributed by atoms with Crippen molar-refractivity contribution in [2.75, 3.05) is 5.88 Å². The van der Waals surface area contributed by atoms with Gasteiger partial charge in [-0.05, 0) is 21.8 Å². The average molecular weight is 310 g/mol. The third-order valence-corrected chi connectivity index (χ3v) is 2.96. The highest BCUT2D eigenvalue weighted by atomic mass is 79.9. The molecule has 0 aliphatic heterocycles. The lowest BCUT2D eigenvalue weighted by atomic mass is 10.2. The highest BCUT2D eigenvalue weighted by Gasteiger charge is 2.16. The number of hydrogen-bond acceptors (Lipinski definition) is 3. The highest BCUT2D eigenvalue weighted by Crippen LogP contribution is 2.14. The summed E-state index contributed by atoms with van der Waals surface area (Å²) in [5.41, 5.74) is -1.04. The standard InChI is InChI=1S/C9H10BrClN2O3/c1-6(3-11)4-12-5-7(10)2-8(9(12)14)13(15)16/h2,5-6H,3-4H2,1H3. The van der Waals surface area contributed by atoms with Gasteiger partial charge in [-0.25, -0.2) is 0 Å². The second-order valence-electron chi connectivity index (χ2n) is 3.52. The minimum Gasteiger partial charge on any atom is -0.308 e. The van der Waals surface area contributed by atoms with Gasteiger partial charge in [0.15, 0.2) is 0 Å². The Labute approximate surface area is 105 Å². The molecule has 0 aliphatic rings. The fourth-order valence-electron chi connectivity index (χ4n) is 1.24. The van der Waals surface area contributed by atoms with E-state index in [2.05, 4.69) is 15.9 Å². The van der Waals surface area contributed by atoms with Gasteiger partial charge in [-0.1, -0.05) is 6.92 Å². The zero-order chi connectivity index (χ0) is 12.3. The third kappa shape index (κ3) is 3.05. The molecular formula is C9H10BrClN2O3. The molecule has 0 fully saturated rings. The van der Waals surface area contributed by atoms with Crippen molar-refractivity contribution in [3.8, 4) is 0 Å². The van der Waals surface area contributed by atoms with Crippen LogP contribution in [0, 0.1) is 16.0 Å². The summed E-state index contributed by atoms with van der Waals surface area (Å²) in [5, 5.41) is 10.6. The largest absolute Gasteiger partial charge is 0.335 e. The Morgan fingerprint density at radius 1 is 1.69 bits per heavy atom. The molecule has 0 spiro atoms. The van der Waals surface area contributed by atoms with Crippen LogP contribution in [0.15, 0.2) is 21.5 Å². The number of nitrogens with zero attached hydrogens (tertiary/aromatic N) is 2. The summed E-state index contributed by atoms with van der Waals surface area (Å²) in [6, 6.07) is 1.20. The number of hydrogen-bond donors (Lipinski definition) is 0. The molecule has 1 aromatic heterocycles. The summed E-state index contributed by atoms with van der Waals surface area (Å²) in [4.78, 5) is 21.6. The smallest absolute Gasteiger partial charge is 0.308 e. The molecule has 0 radical (unpaired) electrons. The second kappa shape index (κ2) is 5.45. The first-order valence-electron chi connectivity index (χ1n) is 4.56.